The van der Waals surface area contributed by atoms with Crippen LogP contribution in [0.1, 0.15) is 37.0 Å². The SMILES string of the molecule is CCCOC(=O)c1ccc(NC(CC)C(=O)O)cc1. The van der Waals surface area contributed by atoms with Crippen molar-refractivity contribution in [1.29, 1.82) is 0 Å². The van der Waals surface area contributed by atoms with Gasteiger partial charge in [-0.15, -0.1) is 0 Å². The van der Waals surface area contributed by atoms with E-state index in [1.165, 1.54) is 0 Å². The van der Waals surface area contributed by atoms with Crippen molar-refractivity contribution in [3.05, 3.63) is 29.8 Å². The van der Waals surface area contributed by atoms with Crippen molar-refractivity contribution < 1.29 is 19.4 Å². The van der Waals surface area contributed by atoms with Gasteiger partial charge in [0.05, 0.1) is 12.2 Å². The molecule has 1 rings (SSSR count). The van der Waals surface area contributed by atoms with Crippen LogP contribution in [0.4, 0.5) is 5.69 Å². The number of carbonyl (C=O) groups is 2. The van der Waals surface area contributed by atoms with Gasteiger partial charge in [-0.05, 0) is 37.1 Å². The highest BCUT2D eigenvalue weighted by atomic mass is 16.5. The van der Waals surface area contributed by atoms with E-state index in [1.54, 1.807) is 31.2 Å². The smallest absolute Gasteiger partial charge is 0.338 e. The molecule has 5 heteroatoms. The van der Waals surface area contributed by atoms with Crippen molar-refractivity contribution in [3.8, 4) is 0 Å². The zero-order valence-electron chi connectivity index (χ0n) is 11.2. The third-order valence-corrected chi connectivity index (χ3v) is 2.61. The molecule has 1 atom stereocenters. The fraction of sp³-hybridized carbons (Fsp3) is 0.429. The van der Waals surface area contributed by atoms with Gasteiger partial charge >= 0.3 is 11.9 Å². The van der Waals surface area contributed by atoms with Crippen LogP contribution in [0.15, 0.2) is 24.3 Å². The summed E-state index contributed by atoms with van der Waals surface area (Å²) in [6.07, 6.45) is 1.26. The Morgan fingerprint density at radius 2 is 1.89 bits per heavy atom. The van der Waals surface area contributed by atoms with Crippen LogP contribution in [0, 0.1) is 0 Å². The van der Waals surface area contributed by atoms with Gasteiger partial charge in [-0.3, -0.25) is 0 Å². The number of esters is 1. The first-order valence-corrected chi connectivity index (χ1v) is 6.35. The molecule has 0 saturated heterocycles. The van der Waals surface area contributed by atoms with Crippen LogP contribution >= 0.6 is 0 Å². The second-order valence-electron chi connectivity index (χ2n) is 4.16. The van der Waals surface area contributed by atoms with Crippen molar-refractivity contribution >= 4 is 17.6 Å². The van der Waals surface area contributed by atoms with Gasteiger partial charge in [-0.2, -0.15) is 0 Å². The molecule has 0 spiro atoms. The minimum absolute atomic E-state index is 0.362. The molecule has 0 bridgehead atoms. The highest BCUT2D eigenvalue weighted by Gasteiger charge is 2.14. The van der Waals surface area contributed by atoms with E-state index in [2.05, 4.69) is 5.32 Å². The van der Waals surface area contributed by atoms with E-state index in [1.807, 2.05) is 6.92 Å². The summed E-state index contributed by atoms with van der Waals surface area (Å²) in [6.45, 7) is 4.12. The monoisotopic (exact) mass is 265 g/mol. The molecule has 1 aromatic rings. The normalized spacial score (nSPS) is 11.7. The highest BCUT2D eigenvalue weighted by Crippen LogP contribution is 2.13. The van der Waals surface area contributed by atoms with Crippen molar-refractivity contribution in [3.63, 3.8) is 0 Å². The summed E-state index contributed by atoms with van der Waals surface area (Å²) in [5.41, 5.74) is 1.13. The Kier molecular flexibility index (Phi) is 5.85. The molecule has 104 valence electrons. The van der Waals surface area contributed by atoms with Crippen molar-refractivity contribution in [2.45, 2.75) is 32.7 Å². The van der Waals surface area contributed by atoms with Crippen LogP contribution in [0.5, 0.6) is 0 Å². The molecule has 0 saturated carbocycles. The number of carboxylic acid groups (broad SMARTS) is 1. The predicted molar refractivity (Wildman–Crippen MR) is 72.4 cm³/mol. The summed E-state index contributed by atoms with van der Waals surface area (Å²) in [6, 6.07) is 5.96. The second kappa shape index (κ2) is 7.41. The zero-order chi connectivity index (χ0) is 14.3. The summed E-state index contributed by atoms with van der Waals surface area (Å²) in [7, 11) is 0. The minimum Gasteiger partial charge on any atom is -0.480 e. The fourth-order valence-electron chi connectivity index (χ4n) is 1.52. The Morgan fingerprint density at radius 1 is 1.26 bits per heavy atom. The molecular weight excluding hydrogens is 246 g/mol. The first-order chi connectivity index (χ1) is 9.08. The molecule has 5 nitrogen and oxygen atoms in total. The van der Waals surface area contributed by atoms with Gasteiger partial charge < -0.3 is 15.2 Å². The van der Waals surface area contributed by atoms with Crippen molar-refractivity contribution in [2.75, 3.05) is 11.9 Å². The summed E-state index contributed by atoms with van der Waals surface area (Å²) in [4.78, 5) is 22.5. The van der Waals surface area contributed by atoms with Crippen LogP contribution < -0.4 is 5.32 Å². The average molecular weight is 265 g/mol. The number of carbonyl (C=O) groups excluding carboxylic acids is 1. The second-order valence-corrected chi connectivity index (χ2v) is 4.16. The number of rotatable bonds is 7. The Bertz CT molecular complexity index is 428. The van der Waals surface area contributed by atoms with Gasteiger partial charge in [0.1, 0.15) is 6.04 Å². The molecule has 1 unspecified atom stereocenters. The van der Waals surface area contributed by atoms with Gasteiger partial charge in [0.15, 0.2) is 0 Å². The summed E-state index contributed by atoms with van der Waals surface area (Å²) >= 11 is 0. The van der Waals surface area contributed by atoms with E-state index in [0.29, 0.717) is 24.3 Å². The molecule has 19 heavy (non-hydrogen) atoms. The molecule has 0 radical (unpaired) electrons. The lowest BCUT2D eigenvalue weighted by Crippen LogP contribution is -2.28. The van der Waals surface area contributed by atoms with Crippen LogP contribution in [0.2, 0.25) is 0 Å². The molecule has 2 N–H and O–H groups in total. The van der Waals surface area contributed by atoms with Crippen molar-refractivity contribution in [2.24, 2.45) is 0 Å². The van der Waals surface area contributed by atoms with Crippen LogP contribution in [0.3, 0.4) is 0 Å². The number of nitrogens with one attached hydrogen (secondary N) is 1. The first kappa shape index (κ1) is 15.0. The van der Waals surface area contributed by atoms with E-state index in [9.17, 15) is 9.59 Å². The largest absolute Gasteiger partial charge is 0.480 e. The van der Waals surface area contributed by atoms with Gasteiger partial charge in [-0.25, -0.2) is 9.59 Å². The topological polar surface area (TPSA) is 75.6 Å². The van der Waals surface area contributed by atoms with Crippen molar-refractivity contribution in [1.82, 2.24) is 0 Å². The van der Waals surface area contributed by atoms with Gasteiger partial charge in [0.2, 0.25) is 0 Å². The summed E-state index contributed by atoms with van der Waals surface area (Å²) in [5.74, 6) is -1.26. The van der Waals surface area contributed by atoms with E-state index in [0.717, 1.165) is 6.42 Å². The number of ether oxygens (including phenoxy) is 1. The highest BCUT2D eigenvalue weighted by molar-refractivity contribution is 5.90. The number of aliphatic carboxylic acids is 1. The maximum Gasteiger partial charge on any atom is 0.338 e. The third kappa shape index (κ3) is 4.62. The first-order valence-electron chi connectivity index (χ1n) is 6.35. The molecule has 0 amide bonds. The lowest BCUT2D eigenvalue weighted by Gasteiger charge is -2.13. The van der Waals surface area contributed by atoms with Crippen LogP contribution in [0.25, 0.3) is 0 Å². The lowest BCUT2D eigenvalue weighted by molar-refractivity contribution is -0.137. The predicted octanol–water partition coefficient (Wildman–Crippen LogP) is 2.53. The molecule has 0 aliphatic rings. The summed E-state index contributed by atoms with van der Waals surface area (Å²) in [5, 5.41) is 11.8. The molecule has 0 aliphatic heterocycles. The van der Waals surface area contributed by atoms with Gasteiger partial charge in [0, 0.05) is 5.69 Å². The van der Waals surface area contributed by atoms with Gasteiger partial charge in [0.25, 0.3) is 0 Å². The molecule has 0 aliphatic carbocycles. The third-order valence-electron chi connectivity index (χ3n) is 2.61. The van der Waals surface area contributed by atoms with E-state index >= 15 is 0 Å². The molecule has 0 fully saturated rings. The Morgan fingerprint density at radius 3 is 2.37 bits per heavy atom. The Balaban J connectivity index is 2.65. The number of hydrogen-bond donors (Lipinski definition) is 2. The maximum atomic E-state index is 11.6. The minimum atomic E-state index is -0.895. The molecule has 0 heterocycles. The van der Waals surface area contributed by atoms with E-state index in [4.69, 9.17) is 9.84 Å². The maximum absolute atomic E-state index is 11.6. The zero-order valence-corrected chi connectivity index (χ0v) is 11.2. The lowest BCUT2D eigenvalue weighted by atomic mass is 10.1. The van der Waals surface area contributed by atoms with E-state index in [-0.39, 0.29) is 5.97 Å². The van der Waals surface area contributed by atoms with Crippen LogP contribution in [-0.2, 0) is 9.53 Å². The number of carboxylic acids is 1. The Hall–Kier alpha value is -2.04. The molecule has 1 aromatic carbocycles. The number of benzene rings is 1. The average Bonchev–Trinajstić information content (AvgIpc) is 2.42. The fourth-order valence-corrected chi connectivity index (χ4v) is 1.52. The Labute approximate surface area is 112 Å². The van der Waals surface area contributed by atoms with E-state index < -0.39 is 12.0 Å². The molecule has 0 aromatic heterocycles. The summed E-state index contributed by atoms with van der Waals surface area (Å²) < 4.78 is 5.00. The number of hydrogen-bond acceptors (Lipinski definition) is 4. The quantitative estimate of drug-likeness (QED) is 0.741. The number of anilines is 1. The molecular formula is C14H19NO4. The van der Waals surface area contributed by atoms with Crippen LogP contribution in [-0.4, -0.2) is 29.7 Å². The van der Waals surface area contributed by atoms with Gasteiger partial charge in [-0.1, -0.05) is 13.8 Å². The standard InChI is InChI=1S/C14H19NO4/c1-3-9-19-14(18)10-5-7-11(8-6-10)15-12(4-2)13(16)17/h5-8,12,15H,3-4,9H2,1-2H3,(H,16,17).